The number of aryl methyl sites for hydroxylation is 1. The molecule has 0 aromatic heterocycles. The van der Waals surface area contributed by atoms with E-state index < -0.39 is 0 Å². The monoisotopic (exact) mass is 330 g/mol. The highest BCUT2D eigenvalue weighted by Gasteiger charge is 2.12. The summed E-state index contributed by atoms with van der Waals surface area (Å²) >= 11 is 0. The van der Waals surface area contributed by atoms with Crippen molar-refractivity contribution in [2.75, 3.05) is 0 Å². The molecular weight excluding hydrogens is 292 g/mol. The van der Waals surface area contributed by atoms with Crippen LogP contribution in [0.1, 0.15) is 72.9 Å². The number of carbonyl (C=O) groups is 1. The van der Waals surface area contributed by atoms with Gasteiger partial charge in [0.2, 0.25) is 0 Å². The molecule has 0 fully saturated rings. The van der Waals surface area contributed by atoms with E-state index in [0.29, 0.717) is 0 Å². The molecule has 0 N–H and O–H groups in total. The second kappa shape index (κ2) is 19.2. The molecule has 0 aliphatic rings. The fourth-order valence-electron chi connectivity index (χ4n) is 1.79. The molecule has 1 aromatic carbocycles. The summed E-state index contributed by atoms with van der Waals surface area (Å²) in [6.45, 7) is 21.0. The van der Waals surface area contributed by atoms with E-state index in [1.165, 1.54) is 16.7 Å². The van der Waals surface area contributed by atoms with Gasteiger partial charge in [0.25, 0.3) is 0 Å². The fraction of sp³-hybridized carbons (Fsp3) is 0.478. The van der Waals surface area contributed by atoms with Crippen molar-refractivity contribution in [1.82, 2.24) is 0 Å². The van der Waals surface area contributed by atoms with Crippen LogP contribution in [0.15, 0.2) is 48.7 Å². The number of rotatable bonds is 4. The van der Waals surface area contributed by atoms with Crippen LogP contribution in [-0.4, -0.2) is 5.78 Å². The van der Waals surface area contributed by atoms with Gasteiger partial charge >= 0.3 is 0 Å². The Hall–Kier alpha value is -1.85. The van der Waals surface area contributed by atoms with E-state index in [4.69, 9.17) is 0 Å². The van der Waals surface area contributed by atoms with Crippen LogP contribution in [0.5, 0.6) is 0 Å². The van der Waals surface area contributed by atoms with Gasteiger partial charge in [-0.25, -0.2) is 0 Å². The quantitative estimate of drug-likeness (QED) is 0.525. The van der Waals surface area contributed by atoms with Gasteiger partial charge in [0, 0.05) is 5.92 Å². The average Bonchev–Trinajstić information content (AvgIpc) is 2.63. The molecule has 1 nitrogen and oxygen atoms in total. The Morgan fingerprint density at radius 2 is 1.62 bits per heavy atom. The van der Waals surface area contributed by atoms with E-state index in [0.717, 1.165) is 6.42 Å². The molecular formula is C23H38O. The topological polar surface area (TPSA) is 17.1 Å². The van der Waals surface area contributed by atoms with Crippen molar-refractivity contribution >= 4 is 11.4 Å². The molecule has 0 saturated heterocycles. The molecule has 1 unspecified atom stereocenters. The van der Waals surface area contributed by atoms with Crippen LogP contribution >= 0.6 is 0 Å². The van der Waals surface area contributed by atoms with Crippen molar-refractivity contribution in [1.29, 1.82) is 0 Å². The van der Waals surface area contributed by atoms with Crippen LogP contribution < -0.4 is 0 Å². The van der Waals surface area contributed by atoms with Crippen LogP contribution in [0, 0.1) is 12.8 Å². The number of allylic oxidation sites excluding steroid dienone is 3. The maximum Gasteiger partial charge on any atom is 0.132 e. The summed E-state index contributed by atoms with van der Waals surface area (Å²) in [5, 5.41) is 0. The summed E-state index contributed by atoms with van der Waals surface area (Å²) in [6.07, 6.45) is 4.71. The maximum atomic E-state index is 11.3. The summed E-state index contributed by atoms with van der Waals surface area (Å²) in [5.74, 6) is 0.360. The Morgan fingerprint density at radius 3 is 1.96 bits per heavy atom. The third-order valence-electron chi connectivity index (χ3n) is 3.26. The van der Waals surface area contributed by atoms with E-state index in [2.05, 4.69) is 37.4 Å². The first-order chi connectivity index (χ1) is 11.5. The lowest BCUT2D eigenvalue weighted by molar-refractivity contribution is -0.120. The maximum absolute atomic E-state index is 11.3. The first-order valence-corrected chi connectivity index (χ1v) is 8.99. The number of ketones is 1. The van der Waals surface area contributed by atoms with E-state index in [9.17, 15) is 4.79 Å². The molecule has 0 radical (unpaired) electrons. The van der Waals surface area contributed by atoms with Crippen LogP contribution in [0.4, 0.5) is 0 Å². The Kier molecular flexibility index (Phi) is 21.6. The molecule has 0 aliphatic carbocycles. The Balaban J connectivity index is -0.000000471. The molecule has 1 atom stereocenters. The summed E-state index contributed by atoms with van der Waals surface area (Å²) in [7, 11) is 0. The SMILES string of the molecule is C/C=C(/CC(C)C(C)=O)c1ccccc1C.C=C=CC.CC.CC. The van der Waals surface area contributed by atoms with E-state index in [-0.39, 0.29) is 11.7 Å². The van der Waals surface area contributed by atoms with E-state index >= 15 is 0 Å². The van der Waals surface area contributed by atoms with Crippen LogP contribution in [0.2, 0.25) is 0 Å². The third-order valence-corrected chi connectivity index (χ3v) is 3.26. The number of hydrogen-bond acceptors (Lipinski definition) is 1. The standard InChI is InChI=1S/C15H20O.C4H6.2C2H6/c1-5-14(10-12(3)13(4)16)15-9-7-6-8-11(15)2;1-3-4-2;2*1-2/h5-9,12H,10H2,1-4H3;4H,1H2,2H3;2*1-2H3/b14-5-;;;. The zero-order valence-electron chi connectivity index (χ0n) is 17.4. The van der Waals surface area contributed by atoms with Gasteiger partial charge in [-0.15, -0.1) is 5.73 Å². The minimum atomic E-state index is 0.103. The van der Waals surface area contributed by atoms with Gasteiger partial charge in [0.15, 0.2) is 0 Å². The summed E-state index contributed by atoms with van der Waals surface area (Å²) in [5.41, 5.74) is 6.35. The molecule has 0 amide bonds. The second-order valence-corrected chi connectivity index (χ2v) is 4.84. The summed E-state index contributed by atoms with van der Waals surface area (Å²) < 4.78 is 0. The third kappa shape index (κ3) is 12.7. The van der Waals surface area contributed by atoms with Crippen molar-refractivity contribution in [3.63, 3.8) is 0 Å². The number of carbonyl (C=O) groups excluding carboxylic acids is 1. The lowest BCUT2D eigenvalue weighted by Crippen LogP contribution is -2.07. The van der Waals surface area contributed by atoms with Gasteiger partial charge < -0.3 is 0 Å². The first-order valence-electron chi connectivity index (χ1n) is 8.99. The highest BCUT2D eigenvalue weighted by molar-refractivity contribution is 5.81. The van der Waals surface area contributed by atoms with Gasteiger partial charge in [-0.3, -0.25) is 4.79 Å². The minimum absolute atomic E-state index is 0.103. The average molecular weight is 331 g/mol. The predicted molar refractivity (Wildman–Crippen MR) is 111 cm³/mol. The smallest absolute Gasteiger partial charge is 0.132 e. The zero-order valence-corrected chi connectivity index (χ0v) is 17.4. The zero-order chi connectivity index (χ0) is 19.5. The molecule has 0 bridgehead atoms. The molecule has 1 heteroatoms. The summed E-state index contributed by atoms with van der Waals surface area (Å²) in [6, 6.07) is 8.32. The highest BCUT2D eigenvalue weighted by atomic mass is 16.1. The Labute approximate surface area is 151 Å². The number of Topliss-reactive ketones (excluding diaryl/α,β-unsaturated/α-hetero) is 1. The molecule has 136 valence electrons. The minimum Gasteiger partial charge on any atom is -0.300 e. The largest absolute Gasteiger partial charge is 0.300 e. The number of benzene rings is 1. The van der Waals surface area contributed by atoms with Crippen molar-refractivity contribution in [2.45, 2.75) is 68.7 Å². The van der Waals surface area contributed by atoms with Gasteiger partial charge in [-0.2, -0.15) is 0 Å². The summed E-state index contributed by atoms with van der Waals surface area (Å²) in [4.78, 5) is 11.3. The second-order valence-electron chi connectivity index (χ2n) is 4.84. The molecule has 24 heavy (non-hydrogen) atoms. The molecule has 0 aliphatic heterocycles. The van der Waals surface area contributed by atoms with Crippen LogP contribution in [0.3, 0.4) is 0 Å². The van der Waals surface area contributed by atoms with Crippen molar-refractivity contribution in [2.24, 2.45) is 5.92 Å². The van der Waals surface area contributed by atoms with Gasteiger partial charge in [0.1, 0.15) is 5.78 Å². The molecule has 0 saturated carbocycles. The van der Waals surface area contributed by atoms with Crippen molar-refractivity contribution < 1.29 is 4.79 Å². The Bertz CT molecular complexity index is 503. The van der Waals surface area contributed by atoms with Crippen LogP contribution in [-0.2, 0) is 4.79 Å². The van der Waals surface area contributed by atoms with Gasteiger partial charge in [0.05, 0.1) is 0 Å². The highest BCUT2D eigenvalue weighted by Crippen LogP contribution is 2.25. The number of hydrogen-bond donors (Lipinski definition) is 0. The van der Waals surface area contributed by atoms with Crippen LogP contribution in [0.25, 0.3) is 5.57 Å². The molecule has 1 rings (SSSR count). The van der Waals surface area contributed by atoms with Crippen molar-refractivity contribution in [3.8, 4) is 0 Å². The molecule has 1 aromatic rings. The van der Waals surface area contributed by atoms with Gasteiger partial charge in [-0.05, 0) is 56.9 Å². The normalized spacial score (nSPS) is 10.3. The fourth-order valence-corrected chi connectivity index (χ4v) is 1.79. The Morgan fingerprint density at radius 1 is 1.17 bits per heavy atom. The lowest BCUT2D eigenvalue weighted by Gasteiger charge is -2.13. The van der Waals surface area contributed by atoms with Gasteiger partial charge in [-0.1, -0.05) is 71.5 Å². The van der Waals surface area contributed by atoms with Crippen molar-refractivity contribution in [3.05, 3.63) is 59.9 Å². The molecule has 0 heterocycles. The van der Waals surface area contributed by atoms with E-state index in [1.54, 1.807) is 13.0 Å². The molecule has 0 spiro atoms. The lowest BCUT2D eigenvalue weighted by atomic mass is 9.91. The predicted octanol–water partition coefficient (Wildman–Crippen LogP) is 7.41. The first kappa shape index (κ1) is 27.0. The van der Waals surface area contributed by atoms with E-state index in [1.807, 2.05) is 60.6 Å².